The molecule has 0 aliphatic heterocycles. The Kier molecular flexibility index (Phi) is 2.81. The summed E-state index contributed by atoms with van der Waals surface area (Å²) in [6.07, 6.45) is 3.69. The maximum atomic E-state index is 12.4. The third-order valence-corrected chi connectivity index (χ3v) is 1.32. The lowest BCUT2D eigenvalue weighted by Gasteiger charge is -1.91. The van der Waals surface area contributed by atoms with Crippen LogP contribution in [0.25, 0.3) is 6.08 Å². The first-order chi connectivity index (χ1) is 5.33. The van der Waals surface area contributed by atoms with Crippen molar-refractivity contribution in [3.63, 3.8) is 0 Å². The van der Waals surface area contributed by atoms with Crippen LogP contribution in [-0.4, -0.2) is 6.54 Å². The Hall–Kier alpha value is -1.15. The van der Waals surface area contributed by atoms with Crippen LogP contribution in [0.1, 0.15) is 5.56 Å². The van der Waals surface area contributed by atoms with Gasteiger partial charge >= 0.3 is 0 Å². The maximum absolute atomic E-state index is 12.4. The summed E-state index contributed by atoms with van der Waals surface area (Å²) in [6.45, 7) is 0.511. The lowest BCUT2D eigenvalue weighted by Crippen LogP contribution is -1.91. The molecule has 0 saturated heterocycles. The summed E-state index contributed by atoms with van der Waals surface area (Å²) in [5, 5.41) is 0. The van der Waals surface area contributed by atoms with Gasteiger partial charge in [0.2, 0.25) is 0 Å². The normalized spacial score (nSPS) is 10.7. The molecule has 0 aromatic heterocycles. The topological polar surface area (TPSA) is 26.0 Å². The van der Waals surface area contributed by atoms with E-state index in [-0.39, 0.29) is 5.82 Å². The second kappa shape index (κ2) is 3.88. The average Bonchev–Trinajstić information content (AvgIpc) is 2.04. The molecule has 0 aliphatic rings. The first kappa shape index (κ1) is 7.95. The van der Waals surface area contributed by atoms with Gasteiger partial charge in [-0.1, -0.05) is 24.3 Å². The van der Waals surface area contributed by atoms with E-state index in [4.69, 9.17) is 5.73 Å². The minimum Gasteiger partial charge on any atom is -0.327 e. The number of nitrogens with two attached hydrogens (primary N) is 1. The first-order valence-corrected chi connectivity index (χ1v) is 3.45. The molecular weight excluding hydrogens is 141 g/mol. The highest BCUT2D eigenvalue weighted by Crippen LogP contribution is 2.03. The molecule has 2 heteroatoms. The van der Waals surface area contributed by atoms with E-state index in [9.17, 15) is 4.39 Å². The van der Waals surface area contributed by atoms with Crippen molar-refractivity contribution < 1.29 is 4.39 Å². The van der Waals surface area contributed by atoms with E-state index >= 15 is 0 Å². The van der Waals surface area contributed by atoms with Gasteiger partial charge in [0.05, 0.1) is 0 Å². The summed E-state index contributed by atoms with van der Waals surface area (Å²) in [5.74, 6) is -0.213. The smallest absolute Gasteiger partial charge is 0.123 e. The SMILES string of the molecule is NC/C=C/c1ccc(F)cc1. The first-order valence-electron chi connectivity index (χ1n) is 3.45. The van der Waals surface area contributed by atoms with Crippen LogP contribution < -0.4 is 5.73 Å². The van der Waals surface area contributed by atoms with E-state index < -0.39 is 0 Å². The molecule has 0 saturated carbocycles. The zero-order valence-corrected chi connectivity index (χ0v) is 6.13. The fraction of sp³-hybridized carbons (Fsp3) is 0.111. The van der Waals surface area contributed by atoms with Crippen molar-refractivity contribution in [1.82, 2.24) is 0 Å². The van der Waals surface area contributed by atoms with Gasteiger partial charge in [0.1, 0.15) is 5.82 Å². The Morgan fingerprint density at radius 2 is 1.91 bits per heavy atom. The molecular formula is C9H10FN. The summed E-state index contributed by atoms with van der Waals surface area (Å²) in [6, 6.07) is 6.27. The summed E-state index contributed by atoms with van der Waals surface area (Å²) in [5.41, 5.74) is 6.21. The van der Waals surface area contributed by atoms with Gasteiger partial charge in [-0.3, -0.25) is 0 Å². The largest absolute Gasteiger partial charge is 0.327 e. The van der Waals surface area contributed by atoms with Crippen LogP contribution in [0.5, 0.6) is 0 Å². The van der Waals surface area contributed by atoms with Gasteiger partial charge in [0, 0.05) is 6.54 Å². The minimum atomic E-state index is -0.213. The Morgan fingerprint density at radius 1 is 1.27 bits per heavy atom. The van der Waals surface area contributed by atoms with E-state index in [1.165, 1.54) is 12.1 Å². The maximum Gasteiger partial charge on any atom is 0.123 e. The van der Waals surface area contributed by atoms with Crippen LogP contribution in [0, 0.1) is 5.82 Å². The molecule has 0 radical (unpaired) electrons. The fourth-order valence-corrected chi connectivity index (χ4v) is 0.778. The summed E-state index contributed by atoms with van der Waals surface area (Å²) >= 11 is 0. The third kappa shape index (κ3) is 2.51. The Bertz CT molecular complexity index is 238. The zero-order chi connectivity index (χ0) is 8.10. The number of rotatable bonds is 2. The quantitative estimate of drug-likeness (QED) is 0.685. The van der Waals surface area contributed by atoms with Crippen LogP contribution in [0.2, 0.25) is 0 Å². The van der Waals surface area contributed by atoms with E-state index in [2.05, 4.69) is 0 Å². The molecule has 0 atom stereocenters. The van der Waals surface area contributed by atoms with Gasteiger partial charge in [-0.05, 0) is 17.7 Å². The molecule has 2 N–H and O–H groups in total. The molecule has 0 fully saturated rings. The molecule has 0 spiro atoms. The summed E-state index contributed by atoms with van der Waals surface area (Å²) in [4.78, 5) is 0. The molecule has 0 bridgehead atoms. The number of halogens is 1. The zero-order valence-electron chi connectivity index (χ0n) is 6.13. The Balaban J connectivity index is 2.73. The molecule has 58 valence electrons. The molecule has 11 heavy (non-hydrogen) atoms. The highest BCUT2D eigenvalue weighted by Gasteiger charge is 1.86. The number of hydrogen-bond donors (Lipinski definition) is 1. The van der Waals surface area contributed by atoms with Crippen LogP contribution in [-0.2, 0) is 0 Å². The van der Waals surface area contributed by atoms with Gasteiger partial charge < -0.3 is 5.73 Å². The van der Waals surface area contributed by atoms with E-state index in [0.717, 1.165) is 5.56 Å². The van der Waals surface area contributed by atoms with Gasteiger partial charge in [0.15, 0.2) is 0 Å². The highest BCUT2D eigenvalue weighted by molar-refractivity contribution is 5.48. The second-order valence-electron chi connectivity index (χ2n) is 2.19. The standard InChI is InChI=1S/C9H10FN/c10-9-5-3-8(4-6-9)2-1-7-11/h1-6H,7,11H2/b2-1+. The number of hydrogen-bond acceptors (Lipinski definition) is 1. The van der Waals surface area contributed by atoms with Crippen molar-refractivity contribution in [1.29, 1.82) is 0 Å². The van der Waals surface area contributed by atoms with Crippen molar-refractivity contribution in [2.75, 3.05) is 6.54 Å². The van der Waals surface area contributed by atoms with Gasteiger partial charge in [-0.25, -0.2) is 4.39 Å². The van der Waals surface area contributed by atoms with Crippen molar-refractivity contribution in [3.05, 3.63) is 41.7 Å². The van der Waals surface area contributed by atoms with Crippen molar-refractivity contribution >= 4 is 6.08 Å². The van der Waals surface area contributed by atoms with Crippen molar-refractivity contribution in [2.24, 2.45) is 5.73 Å². The second-order valence-corrected chi connectivity index (χ2v) is 2.19. The van der Waals surface area contributed by atoms with Gasteiger partial charge in [-0.15, -0.1) is 0 Å². The molecule has 1 aromatic rings. The molecule has 1 aromatic carbocycles. The Morgan fingerprint density at radius 3 is 2.45 bits per heavy atom. The summed E-state index contributed by atoms with van der Waals surface area (Å²) in [7, 11) is 0. The molecule has 1 rings (SSSR count). The van der Waals surface area contributed by atoms with Crippen LogP contribution in [0.3, 0.4) is 0 Å². The van der Waals surface area contributed by atoms with Crippen molar-refractivity contribution in [2.45, 2.75) is 0 Å². The lowest BCUT2D eigenvalue weighted by molar-refractivity contribution is 0.628. The molecule has 1 nitrogen and oxygen atoms in total. The summed E-state index contributed by atoms with van der Waals surface area (Å²) < 4.78 is 12.4. The minimum absolute atomic E-state index is 0.213. The van der Waals surface area contributed by atoms with Gasteiger partial charge in [-0.2, -0.15) is 0 Å². The van der Waals surface area contributed by atoms with E-state index in [0.29, 0.717) is 6.54 Å². The molecule has 0 amide bonds. The number of benzene rings is 1. The monoisotopic (exact) mass is 151 g/mol. The molecule has 0 aliphatic carbocycles. The Labute approximate surface area is 65.3 Å². The lowest BCUT2D eigenvalue weighted by atomic mass is 10.2. The molecule has 0 heterocycles. The molecule has 0 unspecified atom stereocenters. The van der Waals surface area contributed by atoms with E-state index in [1.807, 2.05) is 12.2 Å². The van der Waals surface area contributed by atoms with Gasteiger partial charge in [0.25, 0.3) is 0 Å². The average molecular weight is 151 g/mol. The van der Waals surface area contributed by atoms with Crippen LogP contribution in [0.4, 0.5) is 4.39 Å². The third-order valence-electron chi connectivity index (χ3n) is 1.32. The predicted molar refractivity (Wildman–Crippen MR) is 44.5 cm³/mol. The van der Waals surface area contributed by atoms with Crippen LogP contribution >= 0.6 is 0 Å². The van der Waals surface area contributed by atoms with Crippen molar-refractivity contribution in [3.8, 4) is 0 Å². The highest BCUT2D eigenvalue weighted by atomic mass is 19.1. The van der Waals surface area contributed by atoms with Crippen LogP contribution in [0.15, 0.2) is 30.3 Å². The predicted octanol–water partition coefficient (Wildman–Crippen LogP) is 1.80. The fourth-order valence-electron chi connectivity index (χ4n) is 0.778. The van der Waals surface area contributed by atoms with E-state index in [1.54, 1.807) is 12.1 Å².